The lowest BCUT2D eigenvalue weighted by Gasteiger charge is -2.36. The number of carboxylic acids is 2. The molecule has 1 aliphatic carbocycles. The molecule has 3 fully saturated rings. The Kier molecular flexibility index (Phi) is 10.3. The van der Waals surface area contributed by atoms with Crippen LogP contribution in [0.5, 0.6) is 5.75 Å². The first-order valence-corrected chi connectivity index (χ1v) is 12.8. The summed E-state index contributed by atoms with van der Waals surface area (Å²) >= 11 is 0. The topological polar surface area (TPSA) is 148 Å². The fourth-order valence-corrected chi connectivity index (χ4v) is 5.22. The van der Waals surface area contributed by atoms with Crippen molar-refractivity contribution in [2.45, 2.75) is 44.6 Å². The second-order valence-electron chi connectivity index (χ2n) is 9.65. The quantitative estimate of drug-likeness (QED) is 0.408. The molecule has 4 rings (SSSR count). The third-order valence-corrected chi connectivity index (χ3v) is 7.20. The van der Waals surface area contributed by atoms with Gasteiger partial charge in [-0.25, -0.2) is 0 Å². The maximum absolute atomic E-state index is 12.6. The van der Waals surface area contributed by atoms with Crippen molar-refractivity contribution < 1.29 is 39.2 Å². The average molecular weight is 520 g/mol. The highest BCUT2D eigenvalue weighted by atomic mass is 16.5. The lowest BCUT2D eigenvalue weighted by atomic mass is 9.80. The van der Waals surface area contributed by atoms with Gasteiger partial charge in [-0.2, -0.15) is 0 Å². The molecule has 2 aliphatic heterocycles. The van der Waals surface area contributed by atoms with Crippen LogP contribution in [0, 0.1) is 11.8 Å². The number of aliphatic hydroxyl groups is 1. The van der Waals surface area contributed by atoms with Crippen LogP contribution in [0.1, 0.15) is 38.5 Å². The van der Waals surface area contributed by atoms with Crippen LogP contribution in [0.15, 0.2) is 24.3 Å². The van der Waals surface area contributed by atoms with Crippen LogP contribution in [0.2, 0.25) is 0 Å². The first kappa shape index (κ1) is 28.4. The van der Waals surface area contributed by atoms with E-state index in [0.29, 0.717) is 25.8 Å². The monoisotopic (exact) mass is 519 g/mol. The van der Waals surface area contributed by atoms with Crippen molar-refractivity contribution in [1.82, 2.24) is 9.80 Å². The van der Waals surface area contributed by atoms with Crippen molar-refractivity contribution in [3.05, 3.63) is 24.3 Å². The lowest BCUT2D eigenvalue weighted by Crippen LogP contribution is -2.47. The Morgan fingerprint density at radius 1 is 0.919 bits per heavy atom. The summed E-state index contributed by atoms with van der Waals surface area (Å²) in [5.74, 6) is -1.84. The first-order valence-electron chi connectivity index (χ1n) is 12.8. The number of hydrogen-bond donors (Lipinski definition) is 3. The zero-order chi connectivity index (χ0) is 26.9. The highest BCUT2D eigenvalue weighted by Crippen LogP contribution is 2.38. The number of piperazine rings is 1. The average Bonchev–Trinajstić information content (AvgIpc) is 3.12. The molecule has 1 saturated carbocycles. The van der Waals surface area contributed by atoms with Crippen LogP contribution in [-0.4, -0.2) is 101 Å². The van der Waals surface area contributed by atoms with Gasteiger partial charge in [0.25, 0.3) is 0 Å². The fraction of sp³-hybridized carbons (Fsp3) is 0.615. The minimum absolute atomic E-state index is 0.0205. The number of anilines is 1. The van der Waals surface area contributed by atoms with Crippen LogP contribution in [-0.2, 0) is 19.2 Å². The van der Waals surface area contributed by atoms with Gasteiger partial charge in [-0.05, 0) is 44.4 Å². The molecule has 3 N–H and O–H groups in total. The standard InChI is InChI=1S/C22H31N3O4.C4H6O4/c1-29-20-6-3-2-5-19(20)24-13-11-23(12-14-24)9-4-10-25-21(27)17-8-7-16(26)15-18(17)22(25)28;5-3(6)1-2-4(7)8/h2-3,5-6,16-18,26H,4,7-15H2,1H3;1-2H2,(H,5,6)(H,7,8). The van der Waals surface area contributed by atoms with E-state index in [1.807, 2.05) is 18.2 Å². The summed E-state index contributed by atoms with van der Waals surface area (Å²) in [6, 6.07) is 8.10. The zero-order valence-electron chi connectivity index (χ0n) is 21.3. The Morgan fingerprint density at radius 3 is 2.16 bits per heavy atom. The van der Waals surface area contributed by atoms with Gasteiger partial charge in [0.2, 0.25) is 11.8 Å². The Bertz CT molecular complexity index is 949. The number of carbonyl (C=O) groups excluding carboxylic acids is 2. The van der Waals surface area contributed by atoms with E-state index in [-0.39, 0.29) is 36.5 Å². The van der Waals surface area contributed by atoms with Crippen LogP contribution < -0.4 is 9.64 Å². The number of amides is 2. The van der Waals surface area contributed by atoms with E-state index in [4.69, 9.17) is 14.9 Å². The molecule has 37 heavy (non-hydrogen) atoms. The number of benzene rings is 1. The number of hydrogen-bond acceptors (Lipinski definition) is 8. The molecule has 2 saturated heterocycles. The molecule has 204 valence electrons. The number of ether oxygens (including phenoxy) is 1. The molecule has 11 heteroatoms. The predicted molar refractivity (Wildman–Crippen MR) is 134 cm³/mol. The number of imide groups is 1. The second kappa shape index (κ2) is 13.4. The van der Waals surface area contributed by atoms with E-state index in [1.165, 1.54) is 4.90 Å². The third-order valence-electron chi connectivity index (χ3n) is 7.20. The van der Waals surface area contributed by atoms with Gasteiger partial charge in [-0.1, -0.05) is 12.1 Å². The van der Waals surface area contributed by atoms with Crippen LogP contribution >= 0.6 is 0 Å². The van der Waals surface area contributed by atoms with E-state index in [2.05, 4.69) is 15.9 Å². The summed E-state index contributed by atoms with van der Waals surface area (Å²) < 4.78 is 5.47. The summed E-state index contributed by atoms with van der Waals surface area (Å²) in [4.78, 5) is 50.7. The maximum Gasteiger partial charge on any atom is 0.303 e. The molecule has 1 aromatic rings. The second-order valence-corrected chi connectivity index (χ2v) is 9.65. The van der Waals surface area contributed by atoms with Gasteiger partial charge in [-0.15, -0.1) is 0 Å². The normalized spacial score (nSPS) is 23.8. The lowest BCUT2D eigenvalue weighted by molar-refractivity contribution is -0.143. The number of fused-ring (bicyclic) bond motifs is 1. The third kappa shape index (κ3) is 7.65. The van der Waals surface area contributed by atoms with E-state index in [9.17, 15) is 24.3 Å². The van der Waals surface area contributed by atoms with Crippen molar-refractivity contribution in [3.8, 4) is 5.75 Å². The molecular formula is C26H37N3O8. The summed E-state index contributed by atoms with van der Waals surface area (Å²) in [7, 11) is 1.70. The molecule has 0 radical (unpaired) electrons. The molecule has 2 heterocycles. The Balaban J connectivity index is 0.000000414. The van der Waals surface area contributed by atoms with Crippen molar-refractivity contribution in [2.75, 3.05) is 51.3 Å². The fourth-order valence-electron chi connectivity index (χ4n) is 5.22. The van der Waals surface area contributed by atoms with Crippen LogP contribution in [0.25, 0.3) is 0 Å². The Hall–Kier alpha value is -3.18. The zero-order valence-corrected chi connectivity index (χ0v) is 21.3. The number of rotatable bonds is 9. The number of nitrogens with zero attached hydrogens (tertiary/aromatic N) is 3. The van der Waals surface area contributed by atoms with Crippen LogP contribution in [0.4, 0.5) is 5.69 Å². The molecule has 11 nitrogen and oxygen atoms in total. The van der Waals surface area contributed by atoms with E-state index < -0.39 is 18.0 Å². The molecule has 0 bridgehead atoms. The number of aliphatic carboxylic acids is 2. The number of para-hydroxylation sites is 2. The number of likely N-dealkylation sites (tertiary alicyclic amines) is 1. The summed E-state index contributed by atoms with van der Waals surface area (Å²) in [5.41, 5.74) is 1.13. The molecule has 3 atom stereocenters. The minimum atomic E-state index is -1.08. The van der Waals surface area contributed by atoms with Crippen LogP contribution in [0.3, 0.4) is 0 Å². The Morgan fingerprint density at radius 2 is 1.54 bits per heavy atom. The largest absolute Gasteiger partial charge is 0.495 e. The van der Waals surface area contributed by atoms with Crippen molar-refractivity contribution in [3.63, 3.8) is 0 Å². The predicted octanol–water partition coefficient (Wildman–Crippen LogP) is 1.29. The summed E-state index contributed by atoms with van der Waals surface area (Å²) in [5, 5.41) is 25.6. The van der Waals surface area contributed by atoms with Gasteiger partial charge in [-0.3, -0.25) is 29.0 Å². The van der Waals surface area contributed by atoms with Gasteiger partial charge in [0.05, 0.1) is 43.6 Å². The smallest absolute Gasteiger partial charge is 0.303 e. The molecule has 0 aromatic heterocycles. The molecule has 3 aliphatic rings. The highest BCUT2D eigenvalue weighted by Gasteiger charge is 2.49. The molecule has 1 aromatic carbocycles. The van der Waals surface area contributed by atoms with Crippen molar-refractivity contribution >= 4 is 29.4 Å². The van der Waals surface area contributed by atoms with Gasteiger partial charge in [0.1, 0.15) is 5.75 Å². The van der Waals surface area contributed by atoms with Crippen molar-refractivity contribution in [2.24, 2.45) is 11.8 Å². The molecule has 3 unspecified atom stereocenters. The number of methoxy groups -OCH3 is 1. The van der Waals surface area contributed by atoms with Gasteiger partial charge < -0.3 is 25.0 Å². The summed E-state index contributed by atoms with van der Waals surface area (Å²) in [6.45, 7) is 5.16. The molecule has 2 amide bonds. The van der Waals surface area contributed by atoms with Gasteiger partial charge in [0.15, 0.2) is 0 Å². The number of carbonyl (C=O) groups is 4. The van der Waals surface area contributed by atoms with Crippen molar-refractivity contribution in [1.29, 1.82) is 0 Å². The first-order chi connectivity index (χ1) is 17.7. The molecule has 0 spiro atoms. The van der Waals surface area contributed by atoms with Gasteiger partial charge >= 0.3 is 11.9 Å². The highest BCUT2D eigenvalue weighted by molar-refractivity contribution is 6.05. The van der Waals surface area contributed by atoms with E-state index in [0.717, 1.165) is 50.6 Å². The van der Waals surface area contributed by atoms with Gasteiger partial charge in [0, 0.05) is 32.7 Å². The van der Waals surface area contributed by atoms with E-state index >= 15 is 0 Å². The molecular weight excluding hydrogens is 482 g/mol. The number of carboxylic acid groups (broad SMARTS) is 2. The summed E-state index contributed by atoms with van der Waals surface area (Å²) in [6.07, 6.45) is 1.48. The number of aliphatic hydroxyl groups excluding tert-OH is 1. The minimum Gasteiger partial charge on any atom is -0.495 e. The van der Waals surface area contributed by atoms with E-state index in [1.54, 1.807) is 7.11 Å². The maximum atomic E-state index is 12.6. The SMILES string of the molecule is COc1ccccc1N1CCN(CCCN2C(=O)C3CCC(O)CC3C2=O)CC1.O=C(O)CCC(=O)O. The Labute approximate surface area is 216 Å².